The molecule has 1 N–H and O–H groups in total. The number of aryl methyl sites for hydroxylation is 3. The van der Waals surface area contributed by atoms with Crippen LogP contribution in [-0.4, -0.2) is 18.9 Å². The molecular weight excluding hydrogens is 424 g/mol. The number of carbonyl (C=O) groups is 2. The Morgan fingerprint density at radius 1 is 0.844 bits per heavy atom. The van der Waals surface area contributed by atoms with Gasteiger partial charge >= 0.3 is 0 Å². The number of imide groups is 1. The summed E-state index contributed by atoms with van der Waals surface area (Å²) >= 11 is 6.18. The third kappa shape index (κ3) is 3.99. The number of anilines is 2. The summed E-state index contributed by atoms with van der Waals surface area (Å²) in [6.07, 6.45) is 0. The number of hydrogen-bond acceptors (Lipinski definition) is 4. The number of nitrogens with one attached hydrogen (secondary N) is 1. The Balaban J connectivity index is 1.86. The lowest BCUT2D eigenvalue weighted by Crippen LogP contribution is -2.32. The van der Waals surface area contributed by atoms with E-state index in [0.29, 0.717) is 33.3 Å². The topological polar surface area (TPSA) is 58.6 Å². The number of rotatable bonds is 5. The van der Waals surface area contributed by atoms with Crippen LogP contribution in [-0.2, 0) is 9.59 Å². The van der Waals surface area contributed by atoms with Gasteiger partial charge in [0.25, 0.3) is 11.8 Å². The van der Waals surface area contributed by atoms with Gasteiger partial charge in [0.2, 0.25) is 0 Å². The summed E-state index contributed by atoms with van der Waals surface area (Å²) in [5, 5.41) is 3.72. The number of carbonyl (C=O) groups excluding carboxylic acids is 2. The molecule has 0 radical (unpaired) electrons. The molecule has 0 bridgehead atoms. The summed E-state index contributed by atoms with van der Waals surface area (Å²) in [6, 6.07) is 18.1. The quantitative estimate of drug-likeness (QED) is 0.513. The standard InChI is InChI=1S/C26H23ClN2O3/c1-15-11-16(2)13-20(12-15)29-25(30)23(18-6-9-21(32-4)10-7-18)24(26(29)31)28-22-14-19(27)8-5-17(22)3/h5-14,28H,1-4H3. The highest BCUT2D eigenvalue weighted by Crippen LogP contribution is 2.35. The fraction of sp³-hybridized carbons (Fsp3) is 0.154. The van der Waals surface area contributed by atoms with Crippen molar-refractivity contribution in [2.45, 2.75) is 20.8 Å². The van der Waals surface area contributed by atoms with Crippen LogP contribution in [0.1, 0.15) is 22.3 Å². The van der Waals surface area contributed by atoms with Crippen LogP contribution in [0.5, 0.6) is 5.75 Å². The van der Waals surface area contributed by atoms with Gasteiger partial charge in [0.15, 0.2) is 0 Å². The predicted molar refractivity (Wildman–Crippen MR) is 128 cm³/mol. The molecule has 0 saturated carbocycles. The number of hydrogen-bond donors (Lipinski definition) is 1. The van der Waals surface area contributed by atoms with Crippen molar-refractivity contribution in [3.8, 4) is 5.75 Å². The first-order valence-electron chi connectivity index (χ1n) is 10.2. The van der Waals surface area contributed by atoms with Gasteiger partial charge in [-0.2, -0.15) is 0 Å². The van der Waals surface area contributed by atoms with Crippen LogP contribution in [0.4, 0.5) is 11.4 Å². The summed E-state index contributed by atoms with van der Waals surface area (Å²) < 4.78 is 5.24. The first kappa shape index (κ1) is 21.7. The maximum atomic E-state index is 13.6. The van der Waals surface area contributed by atoms with Crippen molar-refractivity contribution >= 4 is 40.4 Å². The number of benzene rings is 3. The van der Waals surface area contributed by atoms with Crippen molar-refractivity contribution in [3.63, 3.8) is 0 Å². The Morgan fingerprint density at radius 3 is 2.12 bits per heavy atom. The SMILES string of the molecule is COc1ccc(C2=C(Nc3cc(Cl)ccc3C)C(=O)N(c3cc(C)cc(C)c3)C2=O)cc1. The fourth-order valence-electron chi connectivity index (χ4n) is 3.85. The molecule has 1 heterocycles. The lowest BCUT2D eigenvalue weighted by Gasteiger charge is -2.17. The van der Waals surface area contributed by atoms with Crippen LogP contribution >= 0.6 is 11.6 Å². The number of ether oxygens (including phenoxy) is 1. The second kappa shape index (κ2) is 8.52. The monoisotopic (exact) mass is 446 g/mol. The van der Waals surface area contributed by atoms with Crippen LogP contribution < -0.4 is 15.0 Å². The Bertz CT molecular complexity index is 1240. The van der Waals surface area contributed by atoms with Crippen molar-refractivity contribution in [3.05, 3.63) is 93.6 Å². The summed E-state index contributed by atoms with van der Waals surface area (Å²) in [5.74, 6) is -0.130. The second-order valence-electron chi connectivity index (χ2n) is 7.85. The zero-order chi connectivity index (χ0) is 23.0. The lowest BCUT2D eigenvalue weighted by atomic mass is 10.0. The largest absolute Gasteiger partial charge is 0.497 e. The molecule has 3 aromatic rings. The molecule has 2 amide bonds. The minimum atomic E-state index is -0.412. The zero-order valence-corrected chi connectivity index (χ0v) is 19.1. The Hall–Kier alpha value is -3.57. The molecule has 32 heavy (non-hydrogen) atoms. The van der Waals surface area contributed by atoms with Gasteiger partial charge in [-0.05, 0) is 79.4 Å². The molecule has 0 aromatic heterocycles. The van der Waals surface area contributed by atoms with E-state index in [1.165, 1.54) is 4.90 Å². The molecule has 1 aliphatic rings. The highest BCUT2D eigenvalue weighted by Gasteiger charge is 2.40. The molecule has 0 atom stereocenters. The van der Waals surface area contributed by atoms with E-state index in [0.717, 1.165) is 16.7 Å². The minimum Gasteiger partial charge on any atom is -0.497 e. The van der Waals surface area contributed by atoms with Gasteiger partial charge in [-0.3, -0.25) is 9.59 Å². The smallest absolute Gasteiger partial charge is 0.282 e. The molecular formula is C26H23ClN2O3. The minimum absolute atomic E-state index is 0.213. The third-order valence-electron chi connectivity index (χ3n) is 5.39. The van der Waals surface area contributed by atoms with E-state index in [2.05, 4.69) is 5.32 Å². The Morgan fingerprint density at radius 2 is 1.50 bits per heavy atom. The van der Waals surface area contributed by atoms with Crippen LogP contribution in [0.2, 0.25) is 5.02 Å². The summed E-state index contributed by atoms with van der Waals surface area (Å²) in [4.78, 5) is 28.4. The first-order valence-corrected chi connectivity index (χ1v) is 10.5. The van der Waals surface area contributed by atoms with Gasteiger partial charge in [-0.15, -0.1) is 0 Å². The van der Waals surface area contributed by atoms with E-state index in [1.54, 1.807) is 43.5 Å². The number of nitrogens with zero attached hydrogens (tertiary/aromatic N) is 1. The van der Waals surface area contributed by atoms with E-state index < -0.39 is 5.91 Å². The number of methoxy groups -OCH3 is 1. The molecule has 0 fully saturated rings. The van der Waals surface area contributed by atoms with E-state index >= 15 is 0 Å². The lowest BCUT2D eigenvalue weighted by molar-refractivity contribution is -0.120. The highest BCUT2D eigenvalue weighted by atomic mass is 35.5. The average molecular weight is 447 g/mol. The second-order valence-corrected chi connectivity index (χ2v) is 8.29. The first-order chi connectivity index (χ1) is 15.3. The molecule has 5 nitrogen and oxygen atoms in total. The third-order valence-corrected chi connectivity index (χ3v) is 5.62. The molecule has 0 aliphatic carbocycles. The maximum absolute atomic E-state index is 13.6. The summed E-state index contributed by atoms with van der Waals surface area (Å²) in [6.45, 7) is 5.79. The van der Waals surface area contributed by atoms with Crippen molar-refractivity contribution in [1.29, 1.82) is 0 Å². The molecule has 6 heteroatoms. The molecule has 0 unspecified atom stereocenters. The molecule has 0 saturated heterocycles. The van der Waals surface area contributed by atoms with Crippen molar-refractivity contribution in [2.75, 3.05) is 17.3 Å². The average Bonchev–Trinajstić information content (AvgIpc) is 2.99. The Labute approximate surface area is 192 Å². The van der Waals surface area contributed by atoms with Crippen LogP contribution in [0, 0.1) is 20.8 Å². The highest BCUT2D eigenvalue weighted by molar-refractivity contribution is 6.46. The number of amides is 2. The van der Waals surface area contributed by atoms with Gasteiger partial charge in [0.05, 0.1) is 18.4 Å². The molecule has 3 aromatic carbocycles. The fourth-order valence-corrected chi connectivity index (χ4v) is 4.02. The van der Waals surface area contributed by atoms with Crippen molar-refractivity contribution < 1.29 is 14.3 Å². The Kier molecular flexibility index (Phi) is 5.76. The molecule has 1 aliphatic heterocycles. The van der Waals surface area contributed by atoms with Gasteiger partial charge < -0.3 is 10.1 Å². The molecule has 4 rings (SSSR count). The van der Waals surface area contributed by atoms with Crippen molar-refractivity contribution in [2.24, 2.45) is 0 Å². The van der Waals surface area contributed by atoms with Gasteiger partial charge in [-0.25, -0.2) is 4.90 Å². The van der Waals surface area contributed by atoms with E-state index in [1.807, 2.05) is 45.0 Å². The number of halogens is 1. The predicted octanol–water partition coefficient (Wildman–Crippen LogP) is 5.67. The molecule has 162 valence electrons. The van der Waals surface area contributed by atoms with Gasteiger partial charge in [0, 0.05) is 10.7 Å². The summed E-state index contributed by atoms with van der Waals surface area (Å²) in [5.41, 5.74) is 5.20. The van der Waals surface area contributed by atoms with Crippen LogP contribution in [0.25, 0.3) is 5.57 Å². The van der Waals surface area contributed by atoms with Crippen LogP contribution in [0.3, 0.4) is 0 Å². The van der Waals surface area contributed by atoms with Crippen molar-refractivity contribution in [1.82, 2.24) is 0 Å². The van der Waals surface area contributed by atoms with Gasteiger partial charge in [-0.1, -0.05) is 35.9 Å². The van der Waals surface area contributed by atoms with E-state index in [9.17, 15) is 9.59 Å². The van der Waals surface area contributed by atoms with Crippen LogP contribution in [0.15, 0.2) is 66.4 Å². The summed E-state index contributed by atoms with van der Waals surface area (Å²) in [7, 11) is 1.58. The zero-order valence-electron chi connectivity index (χ0n) is 18.3. The normalized spacial score (nSPS) is 13.7. The van der Waals surface area contributed by atoms with Gasteiger partial charge in [0.1, 0.15) is 11.4 Å². The van der Waals surface area contributed by atoms with E-state index in [-0.39, 0.29) is 11.6 Å². The van der Waals surface area contributed by atoms with E-state index in [4.69, 9.17) is 16.3 Å². The molecule has 0 spiro atoms. The maximum Gasteiger partial charge on any atom is 0.282 e.